The third-order valence-electron chi connectivity index (χ3n) is 4.27. The minimum Gasteiger partial charge on any atom is -0.298 e. The Labute approximate surface area is 118 Å². The Morgan fingerprint density at radius 3 is 2.50 bits per heavy atom. The molecule has 2 aromatic rings. The highest BCUT2D eigenvalue weighted by Crippen LogP contribution is 2.49. The highest BCUT2D eigenvalue weighted by Gasteiger charge is 2.50. The third-order valence-corrected chi connectivity index (χ3v) is 4.27. The number of rotatable bonds is 4. The van der Waals surface area contributed by atoms with Crippen LogP contribution in [0.2, 0.25) is 0 Å². The van der Waals surface area contributed by atoms with Crippen LogP contribution in [0.1, 0.15) is 29.5 Å². The molecule has 2 aromatic carbocycles. The zero-order chi connectivity index (χ0) is 14.2. The monoisotopic (exact) mass is 268 g/mol. The number of ketones is 1. The lowest BCUT2D eigenvalue weighted by atomic mass is 9.87. The lowest BCUT2D eigenvalue weighted by molar-refractivity contribution is -0.120. The molecule has 1 saturated carbocycles. The molecule has 1 nitrogen and oxygen atoms in total. The SMILES string of the molecule is Cc1ccc(F)cc1CC(=O)C1(c2ccccc2)CC1. The maximum Gasteiger partial charge on any atom is 0.147 e. The number of hydrogen-bond acceptors (Lipinski definition) is 1. The second kappa shape index (κ2) is 4.86. The van der Waals surface area contributed by atoms with Gasteiger partial charge in [0.25, 0.3) is 0 Å². The molecule has 0 atom stereocenters. The maximum absolute atomic E-state index is 13.3. The van der Waals surface area contributed by atoms with Gasteiger partial charge in [0, 0.05) is 6.42 Å². The molecule has 0 spiro atoms. The van der Waals surface area contributed by atoms with E-state index in [9.17, 15) is 9.18 Å². The molecule has 3 rings (SSSR count). The summed E-state index contributed by atoms with van der Waals surface area (Å²) in [5.41, 5.74) is 2.56. The van der Waals surface area contributed by atoms with E-state index in [0.717, 1.165) is 29.5 Å². The Hall–Kier alpha value is -1.96. The first-order valence-corrected chi connectivity index (χ1v) is 6.96. The second-order valence-electron chi connectivity index (χ2n) is 5.62. The fraction of sp³-hybridized carbons (Fsp3) is 0.278. The average Bonchev–Trinajstić information content (AvgIpc) is 3.25. The summed E-state index contributed by atoms with van der Waals surface area (Å²) < 4.78 is 13.3. The summed E-state index contributed by atoms with van der Waals surface area (Å²) in [6.45, 7) is 1.92. The number of halogens is 1. The molecule has 1 fully saturated rings. The van der Waals surface area contributed by atoms with Crippen molar-refractivity contribution < 1.29 is 9.18 Å². The van der Waals surface area contributed by atoms with Crippen molar-refractivity contribution >= 4 is 5.78 Å². The van der Waals surface area contributed by atoms with Gasteiger partial charge in [-0.1, -0.05) is 36.4 Å². The highest BCUT2D eigenvalue weighted by molar-refractivity contribution is 5.94. The summed E-state index contributed by atoms with van der Waals surface area (Å²) >= 11 is 0. The van der Waals surface area contributed by atoms with E-state index in [4.69, 9.17) is 0 Å². The van der Waals surface area contributed by atoms with Crippen molar-refractivity contribution in [3.63, 3.8) is 0 Å². The molecule has 1 aliphatic carbocycles. The Morgan fingerprint density at radius 2 is 1.85 bits per heavy atom. The molecular formula is C18H17FO. The van der Waals surface area contributed by atoms with Crippen LogP contribution in [0.5, 0.6) is 0 Å². The lowest BCUT2D eigenvalue weighted by Crippen LogP contribution is -2.22. The van der Waals surface area contributed by atoms with Gasteiger partial charge in [-0.25, -0.2) is 4.39 Å². The van der Waals surface area contributed by atoms with Crippen molar-refractivity contribution in [3.05, 3.63) is 71.0 Å². The molecule has 0 aromatic heterocycles. The van der Waals surface area contributed by atoms with E-state index in [0.29, 0.717) is 6.42 Å². The molecule has 0 heterocycles. The average molecular weight is 268 g/mol. The van der Waals surface area contributed by atoms with E-state index < -0.39 is 0 Å². The van der Waals surface area contributed by atoms with E-state index in [1.807, 2.05) is 37.3 Å². The van der Waals surface area contributed by atoms with E-state index >= 15 is 0 Å². The molecule has 102 valence electrons. The van der Waals surface area contributed by atoms with Crippen molar-refractivity contribution in [1.82, 2.24) is 0 Å². The Balaban J connectivity index is 1.85. The summed E-state index contributed by atoms with van der Waals surface area (Å²) in [4.78, 5) is 12.6. The zero-order valence-corrected chi connectivity index (χ0v) is 11.5. The van der Waals surface area contributed by atoms with Gasteiger partial charge in [-0.3, -0.25) is 4.79 Å². The van der Waals surface area contributed by atoms with Crippen molar-refractivity contribution in [1.29, 1.82) is 0 Å². The van der Waals surface area contributed by atoms with Gasteiger partial charge in [0.1, 0.15) is 11.6 Å². The van der Waals surface area contributed by atoms with Crippen LogP contribution in [0.4, 0.5) is 4.39 Å². The normalized spacial score (nSPS) is 15.9. The Bertz CT molecular complexity index is 642. The van der Waals surface area contributed by atoms with Gasteiger partial charge in [0.05, 0.1) is 5.41 Å². The van der Waals surface area contributed by atoms with Gasteiger partial charge in [-0.05, 0) is 48.6 Å². The van der Waals surface area contributed by atoms with Crippen LogP contribution in [-0.4, -0.2) is 5.78 Å². The molecule has 0 bridgehead atoms. The summed E-state index contributed by atoms with van der Waals surface area (Å²) in [5, 5.41) is 0. The molecule has 0 aliphatic heterocycles. The number of carbonyl (C=O) groups is 1. The summed E-state index contributed by atoms with van der Waals surface area (Å²) in [7, 11) is 0. The topological polar surface area (TPSA) is 17.1 Å². The van der Waals surface area contributed by atoms with Crippen LogP contribution >= 0.6 is 0 Å². The predicted molar refractivity (Wildman–Crippen MR) is 77.2 cm³/mol. The number of hydrogen-bond donors (Lipinski definition) is 0. The molecule has 20 heavy (non-hydrogen) atoms. The van der Waals surface area contributed by atoms with Gasteiger partial charge in [0.15, 0.2) is 0 Å². The number of carbonyl (C=O) groups excluding carboxylic acids is 1. The summed E-state index contributed by atoms with van der Waals surface area (Å²) in [6, 6.07) is 14.6. The van der Waals surface area contributed by atoms with Crippen LogP contribution in [0.15, 0.2) is 48.5 Å². The number of benzene rings is 2. The quantitative estimate of drug-likeness (QED) is 0.819. The standard InChI is InChI=1S/C18H17FO/c1-13-7-8-16(19)11-14(13)12-17(20)18(9-10-18)15-5-3-2-4-6-15/h2-8,11H,9-10,12H2,1H3. The minimum absolute atomic E-state index is 0.206. The van der Waals surface area contributed by atoms with Gasteiger partial charge in [-0.2, -0.15) is 0 Å². The first-order chi connectivity index (χ1) is 9.62. The summed E-state index contributed by atoms with van der Waals surface area (Å²) in [6.07, 6.45) is 2.13. The van der Waals surface area contributed by atoms with Crippen molar-refractivity contribution in [3.8, 4) is 0 Å². The van der Waals surface area contributed by atoms with Crippen molar-refractivity contribution in [2.24, 2.45) is 0 Å². The smallest absolute Gasteiger partial charge is 0.147 e. The molecular weight excluding hydrogens is 251 g/mol. The van der Waals surface area contributed by atoms with E-state index in [-0.39, 0.29) is 17.0 Å². The van der Waals surface area contributed by atoms with Gasteiger partial charge in [-0.15, -0.1) is 0 Å². The minimum atomic E-state index is -0.319. The molecule has 1 aliphatic rings. The first-order valence-electron chi connectivity index (χ1n) is 6.96. The number of Topliss-reactive ketones (excluding diaryl/α,β-unsaturated/α-hetero) is 1. The van der Waals surface area contributed by atoms with Crippen LogP contribution in [0, 0.1) is 12.7 Å². The number of aryl methyl sites for hydroxylation is 1. The maximum atomic E-state index is 13.3. The third kappa shape index (κ3) is 2.26. The molecule has 0 radical (unpaired) electrons. The molecule has 0 unspecified atom stereocenters. The Morgan fingerprint density at radius 1 is 1.15 bits per heavy atom. The second-order valence-corrected chi connectivity index (χ2v) is 5.62. The Kier molecular flexibility index (Phi) is 3.17. The van der Waals surface area contributed by atoms with Crippen molar-refractivity contribution in [2.45, 2.75) is 31.6 Å². The fourth-order valence-electron chi connectivity index (χ4n) is 2.78. The van der Waals surface area contributed by atoms with Gasteiger partial charge < -0.3 is 0 Å². The van der Waals surface area contributed by atoms with E-state index in [1.54, 1.807) is 6.07 Å². The molecule has 0 N–H and O–H groups in total. The van der Waals surface area contributed by atoms with Gasteiger partial charge in [0.2, 0.25) is 0 Å². The largest absolute Gasteiger partial charge is 0.298 e. The van der Waals surface area contributed by atoms with Crippen LogP contribution in [-0.2, 0) is 16.6 Å². The van der Waals surface area contributed by atoms with Crippen LogP contribution < -0.4 is 0 Å². The van der Waals surface area contributed by atoms with Crippen LogP contribution in [0.3, 0.4) is 0 Å². The molecule has 2 heteroatoms. The van der Waals surface area contributed by atoms with E-state index in [2.05, 4.69) is 0 Å². The highest BCUT2D eigenvalue weighted by atomic mass is 19.1. The first kappa shape index (κ1) is 13.0. The van der Waals surface area contributed by atoms with E-state index in [1.165, 1.54) is 12.1 Å². The van der Waals surface area contributed by atoms with Crippen molar-refractivity contribution in [2.75, 3.05) is 0 Å². The zero-order valence-electron chi connectivity index (χ0n) is 11.5. The predicted octanol–water partition coefficient (Wildman–Crippen LogP) is 3.98. The summed E-state index contributed by atoms with van der Waals surface area (Å²) in [5.74, 6) is -0.0691. The lowest BCUT2D eigenvalue weighted by Gasteiger charge is -2.15. The van der Waals surface area contributed by atoms with Gasteiger partial charge >= 0.3 is 0 Å². The molecule has 0 amide bonds. The fourth-order valence-corrected chi connectivity index (χ4v) is 2.78. The van der Waals surface area contributed by atoms with Crippen LogP contribution in [0.25, 0.3) is 0 Å². The molecule has 0 saturated heterocycles.